The Hall–Kier alpha value is -1.81. The molecule has 0 bridgehead atoms. The van der Waals surface area contributed by atoms with E-state index in [1.165, 1.54) is 0 Å². The summed E-state index contributed by atoms with van der Waals surface area (Å²) in [6.07, 6.45) is 0. The molecular weight excluding hydrogens is 326 g/mol. The maximum Gasteiger partial charge on any atom is 0.300 e. The SMILES string of the molecule is Cc1c(F)c(F)c2c(F)c(S(=O)(=O)O)c(F)c(F)c2c1F. The van der Waals surface area contributed by atoms with Crippen molar-refractivity contribution in [2.45, 2.75) is 11.8 Å². The number of benzene rings is 2. The summed E-state index contributed by atoms with van der Waals surface area (Å²) in [6.45, 7) is 0.694. The van der Waals surface area contributed by atoms with Crippen LogP contribution in [0.25, 0.3) is 10.8 Å². The molecule has 0 atom stereocenters. The molecular formula is C11H4F6O3S. The highest BCUT2D eigenvalue weighted by Crippen LogP contribution is 2.36. The minimum absolute atomic E-state index is 0.694. The lowest BCUT2D eigenvalue weighted by atomic mass is 10.0. The highest BCUT2D eigenvalue weighted by Gasteiger charge is 2.33. The highest BCUT2D eigenvalue weighted by atomic mass is 32.2. The normalized spacial score (nSPS) is 12.2. The summed E-state index contributed by atoms with van der Waals surface area (Å²) in [4.78, 5) is -2.23. The van der Waals surface area contributed by atoms with Crippen LogP contribution in [0.3, 0.4) is 0 Å². The van der Waals surface area contributed by atoms with E-state index in [2.05, 4.69) is 0 Å². The molecule has 0 saturated carbocycles. The largest absolute Gasteiger partial charge is 0.300 e. The van der Waals surface area contributed by atoms with Crippen molar-refractivity contribution in [3.8, 4) is 0 Å². The molecule has 0 fully saturated rings. The lowest BCUT2D eigenvalue weighted by Gasteiger charge is -2.11. The van der Waals surface area contributed by atoms with E-state index in [1.54, 1.807) is 0 Å². The Morgan fingerprint density at radius 1 is 0.714 bits per heavy atom. The quantitative estimate of drug-likeness (QED) is 0.496. The Labute approximate surface area is 113 Å². The number of rotatable bonds is 1. The van der Waals surface area contributed by atoms with Gasteiger partial charge in [0.1, 0.15) is 5.82 Å². The molecule has 0 aliphatic rings. The van der Waals surface area contributed by atoms with Gasteiger partial charge in [-0.2, -0.15) is 8.42 Å². The van der Waals surface area contributed by atoms with Crippen molar-refractivity contribution in [3.05, 3.63) is 40.5 Å². The van der Waals surface area contributed by atoms with Crippen LogP contribution in [-0.4, -0.2) is 13.0 Å². The molecule has 1 N–H and O–H groups in total. The van der Waals surface area contributed by atoms with Gasteiger partial charge in [0, 0.05) is 5.56 Å². The first kappa shape index (κ1) is 15.6. The zero-order valence-electron chi connectivity index (χ0n) is 9.94. The first-order valence-corrected chi connectivity index (χ1v) is 6.54. The van der Waals surface area contributed by atoms with Crippen LogP contribution in [0.4, 0.5) is 26.3 Å². The van der Waals surface area contributed by atoms with Crippen molar-refractivity contribution < 1.29 is 39.3 Å². The van der Waals surface area contributed by atoms with Gasteiger partial charge >= 0.3 is 10.1 Å². The summed E-state index contributed by atoms with van der Waals surface area (Å²) in [5, 5.41) is -3.34. The van der Waals surface area contributed by atoms with Gasteiger partial charge in [0.25, 0.3) is 0 Å². The van der Waals surface area contributed by atoms with Crippen LogP contribution in [0.15, 0.2) is 4.90 Å². The molecule has 10 heteroatoms. The van der Waals surface area contributed by atoms with Gasteiger partial charge in [0.2, 0.25) is 0 Å². The second-order valence-corrected chi connectivity index (χ2v) is 5.42. The van der Waals surface area contributed by atoms with Crippen LogP contribution in [0.5, 0.6) is 0 Å². The monoisotopic (exact) mass is 330 g/mol. The lowest BCUT2D eigenvalue weighted by molar-refractivity contribution is 0.432. The van der Waals surface area contributed by atoms with Crippen molar-refractivity contribution in [1.82, 2.24) is 0 Å². The van der Waals surface area contributed by atoms with E-state index in [9.17, 15) is 34.8 Å². The van der Waals surface area contributed by atoms with E-state index in [0.29, 0.717) is 6.92 Å². The van der Waals surface area contributed by atoms with E-state index in [1.807, 2.05) is 0 Å². The molecule has 0 aromatic heterocycles. The molecule has 3 nitrogen and oxygen atoms in total. The fourth-order valence-electron chi connectivity index (χ4n) is 1.84. The zero-order chi connectivity index (χ0) is 16.3. The smallest absolute Gasteiger partial charge is 0.282 e. The van der Waals surface area contributed by atoms with Crippen molar-refractivity contribution >= 4 is 20.9 Å². The Kier molecular flexibility index (Phi) is 3.41. The molecule has 0 aliphatic carbocycles. The molecule has 0 spiro atoms. The van der Waals surface area contributed by atoms with Crippen LogP contribution < -0.4 is 0 Å². The van der Waals surface area contributed by atoms with Gasteiger partial charge in [0.15, 0.2) is 34.0 Å². The van der Waals surface area contributed by atoms with E-state index in [4.69, 9.17) is 4.55 Å². The fraction of sp³-hybridized carbons (Fsp3) is 0.0909. The molecule has 0 saturated heterocycles. The fourth-order valence-corrected chi connectivity index (χ4v) is 2.48. The minimum atomic E-state index is -5.63. The van der Waals surface area contributed by atoms with Crippen LogP contribution >= 0.6 is 0 Å². The topological polar surface area (TPSA) is 54.4 Å². The minimum Gasteiger partial charge on any atom is -0.282 e. The van der Waals surface area contributed by atoms with Crippen molar-refractivity contribution in [2.24, 2.45) is 0 Å². The van der Waals surface area contributed by atoms with Gasteiger partial charge in [-0.05, 0) is 6.92 Å². The Balaban J connectivity index is 3.27. The molecule has 21 heavy (non-hydrogen) atoms. The zero-order valence-corrected chi connectivity index (χ0v) is 10.8. The maximum atomic E-state index is 13.8. The first-order valence-electron chi connectivity index (χ1n) is 5.10. The van der Waals surface area contributed by atoms with Crippen molar-refractivity contribution in [2.75, 3.05) is 0 Å². The molecule has 114 valence electrons. The number of hydrogen-bond donors (Lipinski definition) is 1. The standard InChI is InChI=1S/C11H4F6O3S/c1-2-5(12)3-4(7(14)6(2)13)9(16)11(21(18,19)20)10(17)8(3)15/h1H3,(H,18,19,20). The van der Waals surface area contributed by atoms with Gasteiger partial charge in [-0.25, -0.2) is 26.3 Å². The average molecular weight is 330 g/mol. The predicted molar refractivity (Wildman–Crippen MR) is 58.2 cm³/mol. The predicted octanol–water partition coefficient (Wildman–Crippen LogP) is 3.23. The Morgan fingerprint density at radius 2 is 1.14 bits per heavy atom. The first-order chi connectivity index (χ1) is 9.50. The second kappa shape index (κ2) is 4.60. The summed E-state index contributed by atoms with van der Waals surface area (Å²) in [7, 11) is -5.63. The van der Waals surface area contributed by atoms with Gasteiger partial charge in [0.05, 0.1) is 10.8 Å². The van der Waals surface area contributed by atoms with Crippen LogP contribution in [0.1, 0.15) is 5.56 Å². The molecule has 2 aromatic rings. The second-order valence-electron chi connectivity index (χ2n) is 4.06. The maximum absolute atomic E-state index is 13.8. The number of hydrogen-bond acceptors (Lipinski definition) is 2. The highest BCUT2D eigenvalue weighted by molar-refractivity contribution is 7.85. The number of fused-ring (bicyclic) bond motifs is 1. The third kappa shape index (κ3) is 2.05. The third-order valence-corrected chi connectivity index (χ3v) is 3.70. The Morgan fingerprint density at radius 3 is 1.62 bits per heavy atom. The van der Waals surface area contributed by atoms with Gasteiger partial charge in [-0.3, -0.25) is 4.55 Å². The van der Waals surface area contributed by atoms with Gasteiger partial charge in [-0.1, -0.05) is 0 Å². The molecule has 0 heterocycles. The van der Waals surface area contributed by atoms with Crippen LogP contribution in [0.2, 0.25) is 0 Å². The lowest BCUT2D eigenvalue weighted by Crippen LogP contribution is -2.11. The Bertz CT molecular complexity index is 891. The van der Waals surface area contributed by atoms with Crippen molar-refractivity contribution in [1.29, 1.82) is 0 Å². The summed E-state index contributed by atoms with van der Waals surface area (Å²) < 4.78 is 112. The molecule has 0 amide bonds. The molecule has 0 aliphatic heterocycles. The average Bonchev–Trinajstić information content (AvgIpc) is 2.36. The van der Waals surface area contributed by atoms with Crippen molar-refractivity contribution in [3.63, 3.8) is 0 Å². The van der Waals surface area contributed by atoms with E-state index >= 15 is 0 Å². The molecule has 2 rings (SSSR count). The summed E-state index contributed by atoms with van der Waals surface area (Å²) in [6, 6.07) is 0. The van der Waals surface area contributed by atoms with E-state index < -0.39 is 66.3 Å². The van der Waals surface area contributed by atoms with E-state index in [0.717, 1.165) is 0 Å². The summed E-state index contributed by atoms with van der Waals surface area (Å²) in [5.74, 6) is -12.8. The number of halogens is 6. The van der Waals surface area contributed by atoms with E-state index in [-0.39, 0.29) is 0 Å². The molecule has 0 unspecified atom stereocenters. The van der Waals surface area contributed by atoms with Crippen LogP contribution in [0, 0.1) is 41.8 Å². The van der Waals surface area contributed by atoms with Gasteiger partial charge in [-0.15, -0.1) is 0 Å². The summed E-state index contributed by atoms with van der Waals surface area (Å²) in [5.41, 5.74) is -1.04. The third-order valence-electron chi connectivity index (χ3n) is 2.83. The molecule has 2 aromatic carbocycles. The summed E-state index contributed by atoms with van der Waals surface area (Å²) >= 11 is 0. The molecule has 0 radical (unpaired) electrons. The van der Waals surface area contributed by atoms with Gasteiger partial charge < -0.3 is 0 Å². The van der Waals surface area contributed by atoms with Crippen LogP contribution in [-0.2, 0) is 10.1 Å².